The molecular weight excluding hydrogens is 250 g/mol. The van der Waals surface area contributed by atoms with Crippen LogP contribution in [0.5, 0.6) is 0 Å². The molecule has 0 unspecified atom stereocenters. The topological polar surface area (TPSA) is 92.5 Å². The molecule has 19 heavy (non-hydrogen) atoms. The van der Waals surface area contributed by atoms with Crippen molar-refractivity contribution < 1.29 is 18.9 Å². The number of hydrogen-bond acceptors (Lipinski definition) is 5. The molecule has 102 valence electrons. The minimum Gasteiger partial charge on any atom is -0.364 e. The van der Waals surface area contributed by atoms with Gasteiger partial charge < -0.3 is 4.52 Å². The Balaban J connectivity index is 2.30. The second kappa shape index (κ2) is 4.83. The molecule has 1 fully saturated rings. The molecule has 0 saturated carbocycles. The van der Waals surface area contributed by atoms with Crippen LogP contribution in [0, 0.1) is 5.41 Å². The summed E-state index contributed by atoms with van der Waals surface area (Å²) in [5.41, 5.74) is -0.712. The number of amides is 4. The molecule has 0 bridgehead atoms. The standard InChI is InChI=1S/C12H15N3O4/c1-3-12(4-2)9(16)13-11(18)15(10(12)17)7-8-5-6-19-14-8/h5-6H,3-4,7H2,1-2H3,(H,13,16,18). The van der Waals surface area contributed by atoms with Crippen molar-refractivity contribution in [3.8, 4) is 0 Å². The molecule has 0 spiro atoms. The van der Waals surface area contributed by atoms with Gasteiger partial charge in [0.1, 0.15) is 17.4 Å². The second-order valence-electron chi connectivity index (χ2n) is 4.43. The molecule has 2 heterocycles. The van der Waals surface area contributed by atoms with E-state index >= 15 is 0 Å². The highest BCUT2D eigenvalue weighted by Gasteiger charge is 2.51. The Morgan fingerprint density at radius 1 is 1.32 bits per heavy atom. The molecule has 1 aliphatic rings. The molecule has 7 nitrogen and oxygen atoms in total. The number of urea groups is 1. The van der Waals surface area contributed by atoms with E-state index in [1.54, 1.807) is 19.9 Å². The Morgan fingerprint density at radius 3 is 2.53 bits per heavy atom. The van der Waals surface area contributed by atoms with Crippen LogP contribution in [0.2, 0.25) is 0 Å². The predicted octanol–water partition coefficient (Wildman–Crippen LogP) is 1.06. The fourth-order valence-electron chi connectivity index (χ4n) is 2.23. The number of carbonyl (C=O) groups excluding carboxylic acids is 3. The Morgan fingerprint density at radius 2 is 2.00 bits per heavy atom. The van der Waals surface area contributed by atoms with Crippen molar-refractivity contribution in [3.63, 3.8) is 0 Å². The van der Waals surface area contributed by atoms with Crippen LogP contribution in [0.25, 0.3) is 0 Å². The number of nitrogens with one attached hydrogen (secondary N) is 1. The van der Waals surface area contributed by atoms with Gasteiger partial charge in [-0.1, -0.05) is 19.0 Å². The van der Waals surface area contributed by atoms with Gasteiger partial charge in [-0.05, 0) is 12.8 Å². The summed E-state index contributed by atoms with van der Waals surface area (Å²) >= 11 is 0. The minimum absolute atomic E-state index is 0.00377. The zero-order valence-corrected chi connectivity index (χ0v) is 10.8. The van der Waals surface area contributed by atoms with Gasteiger partial charge >= 0.3 is 6.03 Å². The fraction of sp³-hybridized carbons (Fsp3) is 0.500. The van der Waals surface area contributed by atoms with Crippen molar-refractivity contribution in [2.75, 3.05) is 0 Å². The van der Waals surface area contributed by atoms with E-state index in [-0.39, 0.29) is 6.54 Å². The van der Waals surface area contributed by atoms with Gasteiger partial charge in [0, 0.05) is 6.07 Å². The predicted molar refractivity (Wildman–Crippen MR) is 63.6 cm³/mol. The maximum Gasteiger partial charge on any atom is 0.331 e. The Labute approximate surface area is 109 Å². The van der Waals surface area contributed by atoms with E-state index in [1.807, 2.05) is 0 Å². The van der Waals surface area contributed by atoms with E-state index in [4.69, 9.17) is 0 Å². The molecule has 0 aromatic carbocycles. The van der Waals surface area contributed by atoms with Crippen LogP contribution >= 0.6 is 0 Å². The van der Waals surface area contributed by atoms with Crippen LogP contribution in [0.15, 0.2) is 16.9 Å². The molecule has 1 aliphatic heterocycles. The first-order valence-electron chi connectivity index (χ1n) is 6.11. The molecule has 1 saturated heterocycles. The van der Waals surface area contributed by atoms with Crippen molar-refractivity contribution in [2.45, 2.75) is 33.2 Å². The van der Waals surface area contributed by atoms with Crippen molar-refractivity contribution in [3.05, 3.63) is 18.0 Å². The summed E-state index contributed by atoms with van der Waals surface area (Å²) in [5.74, 6) is -1.00. The number of imide groups is 2. The summed E-state index contributed by atoms with van der Waals surface area (Å²) in [6.45, 7) is 3.51. The van der Waals surface area contributed by atoms with Gasteiger partial charge in [0.05, 0.1) is 6.54 Å². The van der Waals surface area contributed by atoms with Gasteiger partial charge in [0.25, 0.3) is 0 Å². The number of barbiturate groups is 1. The normalized spacial score (nSPS) is 18.6. The second-order valence-corrected chi connectivity index (χ2v) is 4.43. The molecular formula is C12H15N3O4. The first-order chi connectivity index (χ1) is 9.05. The van der Waals surface area contributed by atoms with Gasteiger partial charge in [-0.25, -0.2) is 4.79 Å². The molecule has 4 amide bonds. The summed E-state index contributed by atoms with van der Waals surface area (Å²) in [6.07, 6.45) is 2.05. The summed E-state index contributed by atoms with van der Waals surface area (Å²) in [4.78, 5) is 37.2. The molecule has 2 rings (SSSR count). The van der Waals surface area contributed by atoms with E-state index in [9.17, 15) is 14.4 Å². The maximum absolute atomic E-state index is 12.4. The van der Waals surface area contributed by atoms with Crippen LogP contribution in [-0.4, -0.2) is 27.9 Å². The van der Waals surface area contributed by atoms with Crippen LogP contribution in [0.4, 0.5) is 4.79 Å². The van der Waals surface area contributed by atoms with Gasteiger partial charge in [-0.2, -0.15) is 0 Å². The Bertz CT molecular complexity index is 505. The monoisotopic (exact) mass is 265 g/mol. The summed E-state index contributed by atoms with van der Waals surface area (Å²) in [5, 5.41) is 5.90. The smallest absolute Gasteiger partial charge is 0.331 e. The van der Waals surface area contributed by atoms with Crippen molar-refractivity contribution in [1.82, 2.24) is 15.4 Å². The first kappa shape index (κ1) is 13.3. The van der Waals surface area contributed by atoms with E-state index in [1.165, 1.54) is 6.26 Å². The zero-order chi connectivity index (χ0) is 14.0. The lowest BCUT2D eigenvalue weighted by Crippen LogP contribution is -2.63. The van der Waals surface area contributed by atoms with Crippen LogP contribution < -0.4 is 5.32 Å². The molecule has 0 aliphatic carbocycles. The first-order valence-corrected chi connectivity index (χ1v) is 6.11. The fourth-order valence-corrected chi connectivity index (χ4v) is 2.23. The van der Waals surface area contributed by atoms with E-state index in [2.05, 4.69) is 15.0 Å². The SMILES string of the molecule is CCC1(CC)C(=O)NC(=O)N(Cc2ccon2)C1=O. The molecule has 1 aromatic heterocycles. The highest BCUT2D eigenvalue weighted by Crippen LogP contribution is 2.32. The molecule has 0 atom stereocenters. The highest BCUT2D eigenvalue weighted by atomic mass is 16.5. The highest BCUT2D eigenvalue weighted by molar-refractivity contribution is 6.19. The van der Waals surface area contributed by atoms with Crippen LogP contribution in [0.3, 0.4) is 0 Å². The minimum atomic E-state index is -1.17. The molecule has 7 heteroatoms. The van der Waals surface area contributed by atoms with Crippen LogP contribution in [0.1, 0.15) is 32.4 Å². The van der Waals surface area contributed by atoms with Crippen molar-refractivity contribution >= 4 is 17.8 Å². The molecule has 1 N–H and O–H groups in total. The number of hydrogen-bond donors (Lipinski definition) is 1. The quantitative estimate of drug-likeness (QED) is 0.822. The lowest BCUT2D eigenvalue weighted by molar-refractivity contribution is -0.152. The Hall–Kier alpha value is -2.18. The maximum atomic E-state index is 12.4. The largest absolute Gasteiger partial charge is 0.364 e. The van der Waals surface area contributed by atoms with Gasteiger partial charge in [-0.15, -0.1) is 0 Å². The number of carbonyl (C=O) groups is 3. The number of rotatable bonds is 4. The number of aromatic nitrogens is 1. The van der Waals surface area contributed by atoms with Crippen LogP contribution in [-0.2, 0) is 16.1 Å². The zero-order valence-electron chi connectivity index (χ0n) is 10.8. The lowest BCUT2D eigenvalue weighted by atomic mass is 9.78. The summed E-state index contributed by atoms with van der Waals surface area (Å²) < 4.78 is 4.67. The average molecular weight is 265 g/mol. The lowest BCUT2D eigenvalue weighted by Gasteiger charge is -2.37. The third kappa shape index (κ3) is 2.00. The van der Waals surface area contributed by atoms with Gasteiger partial charge in [0.15, 0.2) is 0 Å². The molecule has 1 aromatic rings. The van der Waals surface area contributed by atoms with Gasteiger partial charge in [0.2, 0.25) is 11.8 Å². The van der Waals surface area contributed by atoms with Crippen molar-refractivity contribution in [2.24, 2.45) is 5.41 Å². The Kier molecular flexibility index (Phi) is 3.37. The third-order valence-electron chi connectivity index (χ3n) is 3.57. The van der Waals surface area contributed by atoms with Crippen molar-refractivity contribution in [1.29, 1.82) is 0 Å². The van der Waals surface area contributed by atoms with E-state index < -0.39 is 23.3 Å². The van der Waals surface area contributed by atoms with E-state index in [0.717, 1.165) is 4.90 Å². The van der Waals surface area contributed by atoms with Gasteiger partial charge in [-0.3, -0.25) is 19.8 Å². The number of nitrogens with zero attached hydrogens (tertiary/aromatic N) is 2. The third-order valence-corrected chi connectivity index (χ3v) is 3.57. The summed E-state index contributed by atoms with van der Waals surface area (Å²) in [7, 11) is 0. The average Bonchev–Trinajstić information content (AvgIpc) is 2.89. The summed E-state index contributed by atoms with van der Waals surface area (Å²) in [6, 6.07) is 0.854. The molecule has 0 radical (unpaired) electrons. The van der Waals surface area contributed by atoms with E-state index in [0.29, 0.717) is 18.5 Å².